The van der Waals surface area contributed by atoms with Crippen molar-refractivity contribution in [2.75, 3.05) is 24.1 Å². The van der Waals surface area contributed by atoms with E-state index >= 15 is 0 Å². The first kappa shape index (κ1) is 23.9. The second kappa shape index (κ2) is 10.4. The average molecular weight is 502 g/mol. The SMILES string of the molecule is CCOC(=O)Cc1ccc(N(Cc2ccc(Cl)cc2)S(=O)(=O)c2ccc3c(c2)OCCO3)cc1. The van der Waals surface area contributed by atoms with Crippen molar-refractivity contribution >= 4 is 33.3 Å². The number of sulfonamides is 1. The fourth-order valence-corrected chi connectivity index (χ4v) is 5.14. The number of nitrogens with zero attached hydrogens (tertiary/aromatic N) is 1. The van der Waals surface area contributed by atoms with Crippen LogP contribution in [-0.2, 0) is 32.5 Å². The van der Waals surface area contributed by atoms with Crippen LogP contribution in [0.4, 0.5) is 5.69 Å². The standard InChI is InChI=1S/C25H24ClNO6S/c1-2-31-25(28)15-18-5-9-21(10-6-18)27(17-19-3-7-20(26)8-4-19)34(29,30)22-11-12-23-24(16-22)33-14-13-32-23/h3-12,16H,2,13-15,17H2,1H3. The van der Waals surface area contributed by atoms with Gasteiger partial charge in [-0.3, -0.25) is 9.10 Å². The van der Waals surface area contributed by atoms with Gasteiger partial charge in [0.15, 0.2) is 11.5 Å². The molecular weight excluding hydrogens is 478 g/mol. The molecule has 9 heteroatoms. The van der Waals surface area contributed by atoms with E-state index in [0.29, 0.717) is 42.0 Å². The first-order valence-corrected chi connectivity index (χ1v) is 12.6. The van der Waals surface area contributed by atoms with E-state index in [1.165, 1.54) is 16.4 Å². The van der Waals surface area contributed by atoms with Crippen LogP contribution >= 0.6 is 11.6 Å². The van der Waals surface area contributed by atoms with Gasteiger partial charge in [0.1, 0.15) is 13.2 Å². The Morgan fingerprint density at radius 1 is 0.941 bits per heavy atom. The molecule has 0 N–H and O–H groups in total. The predicted octanol–water partition coefficient (Wildman–Crippen LogP) is 4.61. The number of hydrogen-bond donors (Lipinski definition) is 0. The molecule has 34 heavy (non-hydrogen) atoms. The maximum absolute atomic E-state index is 13.8. The third kappa shape index (κ3) is 5.46. The van der Waals surface area contributed by atoms with E-state index in [0.717, 1.165) is 11.1 Å². The van der Waals surface area contributed by atoms with E-state index < -0.39 is 10.0 Å². The Hall–Kier alpha value is -3.23. The van der Waals surface area contributed by atoms with Gasteiger partial charge in [0, 0.05) is 11.1 Å². The molecule has 0 aromatic heterocycles. The Bertz CT molecular complexity index is 1260. The molecule has 0 atom stereocenters. The maximum Gasteiger partial charge on any atom is 0.310 e. The molecule has 0 bridgehead atoms. The summed E-state index contributed by atoms with van der Waals surface area (Å²) >= 11 is 6.00. The van der Waals surface area contributed by atoms with Gasteiger partial charge in [-0.05, 0) is 54.4 Å². The Morgan fingerprint density at radius 3 is 2.26 bits per heavy atom. The molecule has 0 saturated carbocycles. The van der Waals surface area contributed by atoms with Gasteiger partial charge >= 0.3 is 5.97 Å². The normalized spacial score (nSPS) is 12.8. The van der Waals surface area contributed by atoms with Crippen molar-refractivity contribution in [3.05, 3.63) is 82.9 Å². The van der Waals surface area contributed by atoms with Crippen LogP contribution in [0.5, 0.6) is 11.5 Å². The summed E-state index contributed by atoms with van der Waals surface area (Å²) in [5.74, 6) is 0.568. The van der Waals surface area contributed by atoms with Crippen LogP contribution in [0.25, 0.3) is 0 Å². The third-order valence-corrected chi connectivity index (χ3v) is 7.24. The molecule has 0 unspecified atom stereocenters. The zero-order chi connectivity index (χ0) is 24.1. The average Bonchev–Trinajstić information content (AvgIpc) is 2.84. The molecule has 0 aliphatic carbocycles. The van der Waals surface area contributed by atoms with Crippen LogP contribution in [0, 0.1) is 0 Å². The molecule has 1 aliphatic heterocycles. The Labute approximate surface area is 203 Å². The number of fused-ring (bicyclic) bond motifs is 1. The molecule has 7 nitrogen and oxygen atoms in total. The van der Waals surface area contributed by atoms with Crippen molar-refractivity contribution in [1.82, 2.24) is 0 Å². The number of carbonyl (C=O) groups excluding carboxylic acids is 1. The van der Waals surface area contributed by atoms with Gasteiger partial charge in [-0.25, -0.2) is 8.42 Å². The molecule has 0 saturated heterocycles. The minimum atomic E-state index is -3.97. The Kier molecular flexibility index (Phi) is 7.29. The van der Waals surface area contributed by atoms with Crippen LogP contribution in [-0.4, -0.2) is 34.2 Å². The van der Waals surface area contributed by atoms with Crippen molar-refractivity contribution < 1.29 is 27.4 Å². The van der Waals surface area contributed by atoms with E-state index in [-0.39, 0.29) is 23.8 Å². The zero-order valence-electron chi connectivity index (χ0n) is 18.6. The quantitative estimate of drug-likeness (QED) is 0.419. The van der Waals surface area contributed by atoms with Gasteiger partial charge in [-0.2, -0.15) is 0 Å². The van der Waals surface area contributed by atoms with Gasteiger partial charge in [-0.15, -0.1) is 0 Å². The van der Waals surface area contributed by atoms with Crippen LogP contribution < -0.4 is 13.8 Å². The van der Waals surface area contributed by atoms with Crippen LogP contribution in [0.3, 0.4) is 0 Å². The van der Waals surface area contributed by atoms with E-state index in [9.17, 15) is 13.2 Å². The summed E-state index contributed by atoms with van der Waals surface area (Å²) in [5.41, 5.74) is 1.95. The monoisotopic (exact) mass is 501 g/mol. The summed E-state index contributed by atoms with van der Waals surface area (Å²) < 4.78 is 44.9. The fraction of sp³-hybridized carbons (Fsp3) is 0.240. The number of hydrogen-bond acceptors (Lipinski definition) is 6. The minimum absolute atomic E-state index is 0.0845. The van der Waals surface area contributed by atoms with Crippen LogP contribution in [0.15, 0.2) is 71.6 Å². The summed E-state index contributed by atoms with van der Waals surface area (Å²) in [7, 11) is -3.97. The molecule has 3 aromatic rings. The summed E-state index contributed by atoms with van der Waals surface area (Å²) in [6.07, 6.45) is 0.111. The second-order valence-electron chi connectivity index (χ2n) is 7.59. The fourth-order valence-electron chi connectivity index (χ4n) is 3.54. The number of ether oxygens (including phenoxy) is 3. The molecule has 1 aliphatic rings. The highest BCUT2D eigenvalue weighted by Crippen LogP contribution is 2.35. The highest BCUT2D eigenvalue weighted by molar-refractivity contribution is 7.92. The predicted molar refractivity (Wildman–Crippen MR) is 129 cm³/mol. The van der Waals surface area contributed by atoms with E-state index in [2.05, 4.69) is 0 Å². The zero-order valence-corrected chi connectivity index (χ0v) is 20.1. The molecule has 1 heterocycles. The molecule has 3 aromatic carbocycles. The lowest BCUT2D eigenvalue weighted by Crippen LogP contribution is -2.30. The smallest absolute Gasteiger partial charge is 0.310 e. The van der Waals surface area contributed by atoms with E-state index in [4.69, 9.17) is 25.8 Å². The first-order valence-electron chi connectivity index (χ1n) is 10.8. The highest BCUT2D eigenvalue weighted by atomic mass is 35.5. The number of benzene rings is 3. The number of halogens is 1. The van der Waals surface area contributed by atoms with Crippen LogP contribution in [0.2, 0.25) is 5.02 Å². The third-order valence-electron chi connectivity index (χ3n) is 5.22. The lowest BCUT2D eigenvalue weighted by Gasteiger charge is -2.26. The van der Waals surface area contributed by atoms with Gasteiger partial charge in [0.05, 0.1) is 30.2 Å². The van der Waals surface area contributed by atoms with Crippen molar-refractivity contribution in [2.24, 2.45) is 0 Å². The van der Waals surface area contributed by atoms with Gasteiger partial charge < -0.3 is 14.2 Å². The lowest BCUT2D eigenvalue weighted by atomic mass is 10.1. The maximum atomic E-state index is 13.8. The summed E-state index contributed by atoms with van der Waals surface area (Å²) in [4.78, 5) is 11.9. The van der Waals surface area contributed by atoms with Crippen molar-refractivity contribution in [3.8, 4) is 11.5 Å². The summed E-state index contributed by atoms with van der Waals surface area (Å²) in [6, 6.07) is 18.4. The molecule has 0 amide bonds. The van der Waals surface area contributed by atoms with E-state index in [1.807, 2.05) is 0 Å². The van der Waals surface area contributed by atoms with E-state index in [1.54, 1.807) is 61.5 Å². The lowest BCUT2D eigenvalue weighted by molar-refractivity contribution is -0.142. The number of carbonyl (C=O) groups is 1. The summed E-state index contributed by atoms with van der Waals surface area (Å²) in [6.45, 7) is 2.91. The van der Waals surface area contributed by atoms with Crippen molar-refractivity contribution in [3.63, 3.8) is 0 Å². The molecule has 0 spiro atoms. The van der Waals surface area contributed by atoms with Gasteiger partial charge in [0.2, 0.25) is 0 Å². The molecule has 0 fully saturated rings. The minimum Gasteiger partial charge on any atom is -0.486 e. The molecule has 178 valence electrons. The Morgan fingerprint density at radius 2 is 1.59 bits per heavy atom. The Balaban J connectivity index is 1.69. The molecule has 4 rings (SSSR count). The number of rotatable bonds is 8. The molecule has 0 radical (unpaired) electrons. The van der Waals surface area contributed by atoms with Crippen molar-refractivity contribution in [1.29, 1.82) is 0 Å². The highest BCUT2D eigenvalue weighted by Gasteiger charge is 2.27. The number of anilines is 1. The van der Waals surface area contributed by atoms with Crippen molar-refractivity contribution in [2.45, 2.75) is 24.8 Å². The number of esters is 1. The second-order valence-corrected chi connectivity index (χ2v) is 9.89. The molecular formula is C25H24ClNO6S. The first-order chi connectivity index (χ1) is 16.4. The van der Waals surface area contributed by atoms with Gasteiger partial charge in [0.25, 0.3) is 10.0 Å². The topological polar surface area (TPSA) is 82.1 Å². The van der Waals surface area contributed by atoms with Crippen LogP contribution in [0.1, 0.15) is 18.1 Å². The summed E-state index contributed by atoms with van der Waals surface area (Å²) in [5, 5.41) is 0.563. The van der Waals surface area contributed by atoms with Gasteiger partial charge in [-0.1, -0.05) is 35.9 Å². The largest absolute Gasteiger partial charge is 0.486 e.